The molecule has 1 amide bonds. The highest BCUT2D eigenvalue weighted by Gasteiger charge is 2.30. The van der Waals surface area contributed by atoms with Gasteiger partial charge in [0.15, 0.2) is 0 Å². The summed E-state index contributed by atoms with van der Waals surface area (Å²) in [6.07, 6.45) is 2.99. The molecule has 2 aliphatic rings. The highest BCUT2D eigenvalue weighted by Crippen LogP contribution is 2.33. The van der Waals surface area contributed by atoms with Gasteiger partial charge in [-0.2, -0.15) is 0 Å². The third kappa shape index (κ3) is 3.93. The van der Waals surface area contributed by atoms with Crippen molar-refractivity contribution in [3.05, 3.63) is 89.0 Å². The highest BCUT2D eigenvalue weighted by atomic mass is 16.2. The summed E-state index contributed by atoms with van der Waals surface area (Å²) in [5.41, 5.74) is 9.18. The molecule has 0 spiro atoms. The summed E-state index contributed by atoms with van der Waals surface area (Å²) in [7, 11) is 0. The van der Waals surface area contributed by atoms with Crippen molar-refractivity contribution in [3.8, 4) is 11.1 Å². The second-order valence-electron chi connectivity index (χ2n) is 8.96. The molecular weight excluding hydrogens is 380 g/mol. The van der Waals surface area contributed by atoms with Gasteiger partial charge in [0, 0.05) is 32.2 Å². The molecular formula is C28H30N2O. The molecule has 3 heteroatoms. The highest BCUT2D eigenvalue weighted by molar-refractivity contribution is 6.01. The van der Waals surface area contributed by atoms with Crippen molar-refractivity contribution in [1.29, 1.82) is 0 Å². The number of rotatable bonds is 4. The molecule has 0 aromatic heterocycles. The van der Waals surface area contributed by atoms with Gasteiger partial charge in [-0.1, -0.05) is 60.2 Å². The first-order valence-corrected chi connectivity index (χ1v) is 11.2. The number of carbonyl (C=O) groups excluding carboxylic acids is 1. The molecule has 2 heterocycles. The Morgan fingerprint density at radius 3 is 2.65 bits per heavy atom. The summed E-state index contributed by atoms with van der Waals surface area (Å²) >= 11 is 0. The van der Waals surface area contributed by atoms with E-state index in [0.717, 1.165) is 54.7 Å². The Labute approximate surface area is 185 Å². The number of benzene rings is 3. The molecule has 158 valence electrons. The summed E-state index contributed by atoms with van der Waals surface area (Å²) < 4.78 is 0. The summed E-state index contributed by atoms with van der Waals surface area (Å²) in [5.74, 6) is 0.636. The van der Waals surface area contributed by atoms with E-state index in [2.05, 4.69) is 50.2 Å². The first-order chi connectivity index (χ1) is 15.1. The molecule has 2 aliphatic heterocycles. The fourth-order valence-corrected chi connectivity index (χ4v) is 4.98. The van der Waals surface area contributed by atoms with E-state index < -0.39 is 0 Å². The first kappa shape index (κ1) is 19.7. The molecule has 1 fully saturated rings. The zero-order valence-electron chi connectivity index (χ0n) is 18.3. The number of aliphatic imine (C=N–C) groups is 1. The SMILES string of the molecule is Cc1ccc2c(c1)CC(C[C@@H]1CCN(C(=O)c3ccccc3-c3ccccc3C)C1)=N2.[HH]. The third-order valence-corrected chi connectivity index (χ3v) is 6.60. The van der Waals surface area contributed by atoms with Gasteiger partial charge in [-0.25, -0.2) is 0 Å². The Morgan fingerprint density at radius 2 is 1.81 bits per heavy atom. The average Bonchev–Trinajstić information content (AvgIpc) is 3.40. The summed E-state index contributed by atoms with van der Waals surface area (Å²) in [6, 6.07) is 22.8. The minimum atomic E-state index is 0. The maximum atomic E-state index is 13.4. The van der Waals surface area contributed by atoms with Crippen molar-refractivity contribution in [3.63, 3.8) is 0 Å². The van der Waals surface area contributed by atoms with Crippen LogP contribution in [0, 0.1) is 19.8 Å². The van der Waals surface area contributed by atoms with Gasteiger partial charge in [0.2, 0.25) is 0 Å². The predicted octanol–water partition coefficient (Wildman–Crippen LogP) is 6.40. The Kier molecular flexibility index (Phi) is 5.19. The average molecular weight is 411 g/mol. The van der Waals surface area contributed by atoms with Crippen molar-refractivity contribution in [2.75, 3.05) is 13.1 Å². The fraction of sp³-hybridized carbons (Fsp3) is 0.286. The van der Waals surface area contributed by atoms with Crippen molar-refractivity contribution in [1.82, 2.24) is 4.90 Å². The molecule has 0 unspecified atom stereocenters. The van der Waals surface area contributed by atoms with Gasteiger partial charge >= 0.3 is 0 Å². The van der Waals surface area contributed by atoms with Crippen LogP contribution >= 0.6 is 0 Å². The quantitative estimate of drug-likeness (QED) is 0.490. The molecule has 3 aromatic carbocycles. The van der Waals surface area contributed by atoms with Crippen LogP contribution in [0.5, 0.6) is 0 Å². The maximum Gasteiger partial charge on any atom is 0.254 e. The van der Waals surface area contributed by atoms with Crippen molar-refractivity contribution >= 4 is 17.3 Å². The van der Waals surface area contributed by atoms with Gasteiger partial charge in [-0.15, -0.1) is 0 Å². The smallest absolute Gasteiger partial charge is 0.254 e. The van der Waals surface area contributed by atoms with E-state index in [1.165, 1.54) is 22.4 Å². The number of likely N-dealkylation sites (tertiary alicyclic amines) is 1. The lowest BCUT2D eigenvalue weighted by atomic mass is 9.95. The number of carbonyl (C=O) groups is 1. The molecule has 1 saturated heterocycles. The molecule has 1 atom stereocenters. The molecule has 0 bridgehead atoms. The van der Waals surface area contributed by atoms with Gasteiger partial charge in [-0.3, -0.25) is 9.79 Å². The minimum Gasteiger partial charge on any atom is -0.338 e. The second-order valence-corrected chi connectivity index (χ2v) is 8.96. The molecule has 31 heavy (non-hydrogen) atoms. The second kappa shape index (κ2) is 8.14. The number of hydrogen-bond donors (Lipinski definition) is 0. The minimum absolute atomic E-state index is 0. The molecule has 0 saturated carbocycles. The normalized spacial score (nSPS) is 17.5. The van der Waals surface area contributed by atoms with E-state index in [1.54, 1.807) is 0 Å². The van der Waals surface area contributed by atoms with Crippen molar-refractivity contribution in [2.24, 2.45) is 10.9 Å². The molecule has 0 N–H and O–H groups in total. The van der Waals surface area contributed by atoms with Crippen LogP contribution in [0.25, 0.3) is 11.1 Å². The van der Waals surface area contributed by atoms with Crippen LogP contribution in [0.4, 0.5) is 5.69 Å². The standard InChI is InChI=1S/C28H28N2O.H2/c1-19-11-12-27-22(15-19)17-23(29-27)16-21-13-14-30(18-21)28(31)26-10-6-5-9-25(26)24-8-4-3-7-20(24)2;/h3-12,15,21H,13-14,16-18H2,1-2H3;1H/t21-;/m0./s1. The lowest BCUT2D eigenvalue weighted by molar-refractivity contribution is 0.0788. The summed E-state index contributed by atoms with van der Waals surface area (Å²) in [4.78, 5) is 20.3. The predicted molar refractivity (Wildman–Crippen MR) is 129 cm³/mol. The van der Waals surface area contributed by atoms with Crippen LogP contribution in [0.15, 0.2) is 71.7 Å². The summed E-state index contributed by atoms with van der Waals surface area (Å²) in [5, 5.41) is 0. The third-order valence-electron chi connectivity index (χ3n) is 6.60. The fourth-order valence-electron chi connectivity index (χ4n) is 4.98. The van der Waals surface area contributed by atoms with Crippen LogP contribution < -0.4 is 0 Å². The number of hydrogen-bond acceptors (Lipinski definition) is 2. The van der Waals surface area contributed by atoms with E-state index in [0.29, 0.717) is 5.92 Å². The topological polar surface area (TPSA) is 32.7 Å². The maximum absolute atomic E-state index is 13.4. The van der Waals surface area contributed by atoms with Gasteiger partial charge in [0.1, 0.15) is 0 Å². The Morgan fingerprint density at radius 1 is 1.03 bits per heavy atom. The molecule has 3 aromatic rings. The molecule has 5 rings (SSSR count). The van der Waals surface area contributed by atoms with E-state index in [9.17, 15) is 4.79 Å². The van der Waals surface area contributed by atoms with E-state index in [-0.39, 0.29) is 7.33 Å². The van der Waals surface area contributed by atoms with Crippen LogP contribution in [0.3, 0.4) is 0 Å². The monoisotopic (exact) mass is 410 g/mol. The van der Waals surface area contributed by atoms with Gasteiger partial charge in [0.25, 0.3) is 5.91 Å². The largest absolute Gasteiger partial charge is 0.338 e. The Bertz CT molecular complexity index is 1180. The molecule has 0 radical (unpaired) electrons. The van der Waals surface area contributed by atoms with Crippen LogP contribution in [-0.2, 0) is 6.42 Å². The molecule has 0 aliphatic carbocycles. The zero-order chi connectivity index (χ0) is 21.4. The van der Waals surface area contributed by atoms with Gasteiger partial charge in [-0.05, 0) is 67.0 Å². The lowest BCUT2D eigenvalue weighted by Crippen LogP contribution is -2.29. The van der Waals surface area contributed by atoms with Crippen molar-refractivity contribution < 1.29 is 6.22 Å². The molecule has 3 nitrogen and oxygen atoms in total. The Hall–Kier alpha value is -3.20. The number of fused-ring (bicyclic) bond motifs is 1. The van der Waals surface area contributed by atoms with Crippen molar-refractivity contribution in [2.45, 2.75) is 33.1 Å². The Balaban J connectivity index is 0.00000245. The van der Waals surface area contributed by atoms with Gasteiger partial charge < -0.3 is 4.90 Å². The number of nitrogens with zero attached hydrogens (tertiary/aromatic N) is 2. The summed E-state index contributed by atoms with van der Waals surface area (Å²) in [6.45, 7) is 5.87. The van der Waals surface area contributed by atoms with Crippen LogP contribution in [-0.4, -0.2) is 29.6 Å². The van der Waals surface area contributed by atoms with Gasteiger partial charge in [0.05, 0.1) is 5.69 Å². The van der Waals surface area contributed by atoms with E-state index in [4.69, 9.17) is 4.99 Å². The van der Waals surface area contributed by atoms with Crippen LogP contribution in [0.1, 0.15) is 41.3 Å². The lowest BCUT2D eigenvalue weighted by Gasteiger charge is -2.19. The zero-order valence-corrected chi connectivity index (χ0v) is 18.3. The first-order valence-electron chi connectivity index (χ1n) is 11.2. The number of aryl methyl sites for hydroxylation is 2. The van der Waals surface area contributed by atoms with E-state index >= 15 is 0 Å². The van der Waals surface area contributed by atoms with E-state index in [1.807, 2.05) is 35.2 Å². The van der Waals surface area contributed by atoms with Crippen LogP contribution in [0.2, 0.25) is 0 Å². The number of amides is 1.